The Bertz CT molecular complexity index is 840. The zero-order chi connectivity index (χ0) is 13.4. The van der Waals surface area contributed by atoms with Crippen LogP contribution in [0.1, 0.15) is 16.0 Å². The smallest absolute Gasteiger partial charge is 0.176 e. The highest BCUT2D eigenvalue weighted by Gasteiger charge is 2.10. The maximum Gasteiger partial charge on any atom is 0.176 e. The summed E-state index contributed by atoms with van der Waals surface area (Å²) in [6, 6.07) is 10.5. The summed E-state index contributed by atoms with van der Waals surface area (Å²) in [5.74, 6) is 0. The minimum atomic E-state index is 0.588. The van der Waals surface area contributed by atoms with Gasteiger partial charge >= 0.3 is 0 Å². The van der Waals surface area contributed by atoms with Crippen LogP contribution in [0.15, 0.2) is 30.3 Å². The maximum absolute atomic E-state index is 5.37. The number of hydrogen-bond donors (Lipinski definition) is 2. The normalized spacial score (nSPS) is 11.0. The SMILES string of the molecule is Cc1c(Cc2ccccc2)sc2[nH]c(=S)[nH]c(=S)c12. The molecule has 0 atom stereocenters. The highest BCUT2D eigenvalue weighted by atomic mass is 32.1. The van der Waals surface area contributed by atoms with Crippen molar-refractivity contribution in [3.63, 3.8) is 0 Å². The molecule has 0 radical (unpaired) electrons. The van der Waals surface area contributed by atoms with Crippen molar-refractivity contribution in [2.75, 3.05) is 0 Å². The summed E-state index contributed by atoms with van der Waals surface area (Å²) in [4.78, 5) is 8.60. The lowest BCUT2D eigenvalue weighted by Crippen LogP contribution is -1.87. The third-order valence-corrected chi connectivity index (χ3v) is 4.85. The van der Waals surface area contributed by atoms with Gasteiger partial charge < -0.3 is 9.97 Å². The molecular weight excluding hydrogens is 292 g/mol. The molecule has 0 fully saturated rings. The van der Waals surface area contributed by atoms with Crippen LogP contribution >= 0.6 is 35.8 Å². The van der Waals surface area contributed by atoms with Gasteiger partial charge in [-0.05, 0) is 30.3 Å². The van der Waals surface area contributed by atoms with Crippen molar-refractivity contribution in [3.05, 3.63) is 55.7 Å². The summed E-state index contributed by atoms with van der Waals surface area (Å²) in [7, 11) is 0. The Labute approximate surface area is 125 Å². The van der Waals surface area contributed by atoms with Gasteiger partial charge in [0, 0.05) is 16.7 Å². The number of hydrogen-bond acceptors (Lipinski definition) is 3. The van der Waals surface area contributed by atoms with Gasteiger partial charge in [0.25, 0.3) is 0 Å². The van der Waals surface area contributed by atoms with Gasteiger partial charge in [-0.1, -0.05) is 42.5 Å². The summed E-state index contributed by atoms with van der Waals surface area (Å²) in [6.45, 7) is 2.12. The minimum absolute atomic E-state index is 0.588. The Morgan fingerprint density at radius 2 is 1.84 bits per heavy atom. The van der Waals surface area contributed by atoms with Crippen molar-refractivity contribution >= 4 is 46.0 Å². The molecule has 5 heteroatoms. The lowest BCUT2D eigenvalue weighted by atomic mass is 10.1. The van der Waals surface area contributed by atoms with Gasteiger partial charge in [0.05, 0.1) is 0 Å². The predicted octanol–water partition coefficient (Wildman–Crippen LogP) is 4.92. The highest BCUT2D eigenvalue weighted by Crippen LogP contribution is 2.31. The fourth-order valence-corrected chi connectivity index (χ4v) is 4.18. The average molecular weight is 304 g/mol. The van der Waals surface area contributed by atoms with Crippen LogP contribution in [-0.4, -0.2) is 9.97 Å². The molecule has 0 saturated carbocycles. The third kappa shape index (κ3) is 2.41. The number of nitrogens with one attached hydrogen (secondary N) is 2. The number of aryl methyl sites for hydroxylation is 1. The van der Waals surface area contributed by atoms with E-state index < -0.39 is 0 Å². The number of benzene rings is 1. The summed E-state index contributed by atoms with van der Waals surface area (Å²) in [5, 5.41) is 1.10. The second-order valence-electron chi connectivity index (χ2n) is 4.42. The van der Waals surface area contributed by atoms with Gasteiger partial charge in [0.15, 0.2) is 4.77 Å². The molecule has 0 aliphatic rings. The van der Waals surface area contributed by atoms with Crippen molar-refractivity contribution in [3.8, 4) is 0 Å². The number of fused-ring (bicyclic) bond motifs is 1. The molecule has 96 valence electrons. The number of aromatic amines is 2. The summed E-state index contributed by atoms with van der Waals surface area (Å²) in [5.41, 5.74) is 2.56. The van der Waals surface area contributed by atoms with Crippen LogP contribution in [0.2, 0.25) is 0 Å². The standard InChI is InChI=1S/C14H12N2S3/c1-8-10(7-9-5-3-2-4-6-9)19-13-11(8)12(17)15-14(18)16-13/h2-6H,7H2,1H3,(H2,15,16,17,18). The van der Waals surface area contributed by atoms with Gasteiger partial charge in [-0.3, -0.25) is 0 Å². The number of H-pyrrole nitrogens is 2. The summed E-state index contributed by atoms with van der Waals surface area (Å²) in [6.07, 6.45) is 0.932. The maximum atomic E-state index is 5.37. The molecule has 19 heavy (non-hydrogen) atoms. The van der Waals surface area contributed by atoms with Crippen LogP contribution in [-0.2, 0) is 6.42 Å². The van der Waals surface area contributed by atoms with Crippen molar-refractivity contribution in [2.24, 2.45) is 0 Å². The van der Waals surface area contributed by atoms with Gasteiger partial charge in [-0.25, -0.2) is 0 Å². The number of rotatable bonds is 2. The summed E-state index contributed by atoms with van der Waals surface area (Å²) < 4.78 is 1.32. The van der Waals surface area contributed by atoms with Crippen LogP contribution in [0, 0.1) is 16.3 Å². The van der Waals surface area contributed by atoms with E-state index >= 15 is 0 Å². The van der Waals surface area contributed by atoms with E-state index in [1.54, 1.807) is 11.3 Å². The van der Waals surface area contributed by atoms with E-state index in [2.05, 4.69) is 41.2 Å². The zero-order valence-corrected chi connectivity index (χ0v) is 12.8. The first-order chi connectivity index (χ1) is 9.15. The quantitative estimate of drug-likeness (QED) is 0.659. The molecule has 0 bridgehead atoms. The fraction of sp³-hybridized carbons (Fsp3) is 0.143. The molecule has 0 saturated heterocycles. The molecule has 1 aromatic carbocycles. The molecule has 2 nitrogen and oxygen atoms in total. The second-order valence-corrected chi connectivity index (χ2v) is 6.35. The van der Waals surface area contributed by atoms with E-state index in [0.717, 1.165) is 21.3 Å². The lowest BCUT2D eigenvalue weighted by Gasteiger charge is -1.99. The van der Waals surface area contributed by atoms with Crippen LogP contribution in [0.4, 0.5) is 0 Å². The molecule has 2 N–H and O–H groups in total. The number of aromatic nitrogens is 2. The first-order valence-corrected chi connectivity index (χ1v) is 7.57. The average Bonchev–Trinajstić information content (AvgIpc) is 2.67. The van der Waals surface area contributed by atoms with Gasteiger partial charge in [0.2, 0.25) is 0 Å². The Hall–Kier alpha value is -1.30. The molecule has 2 heterocycles. The van der Waals surface area contributed by atoms with E-state index in [0.29, 0.717) is 4.77 Å². The van der Waals surface area contributed by atoms with Crippen molar-refractivity contribution in [1.82, 2.24) is 9.97 Å². The molecule has 3 aromatic rings. The van der Waals surface area contributed by atoms with Crippen LogP contribution < -0.4 is 0 Å². The fourth-order valence-electron chi connectivity index (χ4n) is 2.17. The molecule has 0 amide bonds. The first-order valence-electron chi connectivity index (χ1n) is 5.93. The molecule has 0 unspecified atom stereocenters. The monoisotopic (exact) mass is 304 g/mol. The third-order valence-electron chi connectivity index (χ3n) is 3.13. The van der Waals surface area contributed by atoms with E-state index in [1.165, 1.54) is 16.0 Å². The molecule has 0 aliphatic carbocycles. The Morgan fingerprint density at radius 1 is 1.11 bits per heavy atom. The molecule has 0 spiro atoms. The highest BCUT2D eigenvalue weighted by molar-refractivity contribution is 7.72. The summed E-state index contributed by atoms with van der Waals surface area (Å²) >= 11 is 12.2. The molecule has 0 aliphatic heterocycles. The molecular formula is C14H12N2S3. The molecule has 3 rings (SSSR count). The Balaban J connectivity index is 2.16. The van der Waals surface area contributed by atoms with Crippen molar-refractivity contribution in [1.29, 1.82) is 0 Å². The molecule has 2 aromatic heterocycles. The van der Waals surface area contributed by atoms with Crippen molar-refractivity contribution < 1.29 is 0 Å². The van der Waals surface area contributed by atoms with Crippen molar-refractivity contribution in [2.45, 2.75) is 13.3 Å². The minimum Gasteiger partial charge on any atom is -0.324 e. The lowest BCUT2D eigenvalue weighted by molar-refractivity contribution is 1.17. The second kappa shape index (κ2) is 5.00. The Kier molecular flexibility index (Phi) is 3.35. The first kappa shape index (κ1) is 12.7. The zero-order valence-electron chi connectivity index (χ0n) is 10.3. The van der Waals surface area contributed by atoms with E-state index in [1.807, 2.05) is 6.07 Å². The van der Waals surface area contributed by atoms with Crippen LogP contribution in [0.3, 0.4) is 0 Å². The van der Waals surface area contributed by atoms with Crippen LogP contribution in [0.25, 0.3) is 10.2 Å². The van der Waals surface area contributed by atoms with Gasteiger partial charge in [-0.15, -0.1) is 11.3 Å². The largest absolute Gasteiger partial charge is 0.324 e. The van der Waals surface area contributed by atoms with E-state index in [-0.39, 0.29) is 0 Å². The van der Waals surface area contributed by atoms with Gasteiger partial charge in [0.1, 0.15) is 9.47 Å². The van der Waals surface area contributed by atoms with Crippen LogP contribution in [0.5, 0.6) is 0 Å². The van der Waals surface area contributed by atoms with E-state index in [4.69, 9.17) is 24.4 Å². The van der Waals surface area contributed by atoms with E-state index in [9.17, 15) is 0 Å². The Morgan fingerprint density at radius 3 is 2.58 bits per heavy atom. The van der Waals surface area contributed by atoms with Gasteiger partial charge in [-0.2, -0.15) is 0 Å². The number of thiophene rings is 1. The topological polar surface area (TPSA) is 31.6 Å². The predicted molar refractivity (Wildman–Crippen MR) is 86.2 cm³/mol.